The minimum absolute atomic E-state index is 0.0326. The zero-order valence-corrected chi connectivity index (χ0v) is 9.85. The van der Waals surface area contributed by atoms with E-state index in [0.717, 1.165) is 12.1 Å². The molecule has 0 aliphatic heterocycles. The van der Waals surface area contributed by atoms with Crippen LogP contribution in [-0.4, -0.2) is 0 Å². The van der Waals surface area contributed by atoms with Crippen LogP contribution in [0, 0.1) is 17.5 Å². The molecule has 0 saturated heterocycles. The van der Waals surface area contributed by atoms with Crippen molar-refractivity contribution in [3.63, 3.8) is 0 Å². The molecule has 0 fully saturated rings. The van der Waals surface area contributed by atoms with Gasteiger partial charge in [0.1, 0.15) is 17.4 Å². The maximum atomic E-state index is 13.6. The van der Waals surface area contributed by atoms with Gasteiger partial charge in [0, 0.05) is 23.8 Å². The maximum absolute atomic E-state index is 13.6. The summed E-state index contributed by atoms with van der Waals surface area (Å²) < 4.78 is 44.7. The summed E-state index contributed by atoms with van der Waals surface area (Å²) in [6, 6.07) is 6.87. The highest BCUT2D eigenvalue weighted by atomic mass is 35.5. The van der Waals surface area contributed by atoms with Crippen LogP contribution in [0.1, 0.15) is 5.56 Å². The zero-order valence-electron chi connectivity index (χ0n) is 9.09. The second-order valence-electron chi connectivity index (χ2n) is 3.57. The highest BCUT2D eigenvalue weighted by Gasteiger charge is 2.11. The van der Waals surface area contributed by atoms with Gasteiger partial charge in [0.05, 0.1) is 5.88 Å². The second-order valence-corrected chi connectivity index (χ2v) is 3.84. The predicted octanol–water partition coefficient (Wildman–Crippen LogP) is 4.64. The van der Waals surface area contributed by atoms with Crippen LogP contribution in [0.15, 0.2) is 36.4 Å². The molecule has 0 aliphatic carbocycles. The van der Waals surface area contributed by atoms with E-state index in [0.29, 0.717) is 11.6 Å². The molecule has 0 saturated carbocycles. The predicted molar refractivity (Wildman–Crippen MR) is 62.4 cm³/mol. The Morgan fingerprint density at radius 2 is 1.67 bits per heavy atom. The third kappa shape index (κ3) is 2.76. The molecule has 0 unspecified atom stereocenters. The first kappa shape index (κ1) is 12.8. The molecule has 0 bridgehead atoms. The van der Waals surface area contributed by atoms with Crippen LogP contribution >= 0.6 is 11.6 Å². The average molecular weight is 273 g/mol. The SMILES string of the molecule is Fc1cc(F)cc(Oc2c(F)cccc2CCl)c1. The Balaban J connectivity index is 2.39. The molecule has 0 spiro atoms. The van der Waals surface area contributed by atoms with Crippen LogP contribution in [0.2, 0.25) is 0 Å². The molecule has 0 radical (unpaired) electrons. The molecule has 0 aromatic heterocycles. The van der Waals surface area contributed by atoms with Crippen LogP contribution in [0.3, 0.4) is 0 Å². The molecule has 1 nitrogen and oxygen atoms in total. The van der Waals surface area contributed by atoms with Crippen molar-refractivity contribution < 1.29 is 17.9 Å². The molecule has 2 aromatic carbocycles. The first-order valence-electron chi connectivity index (χ1n) is 5.07. The summed E-state index contributed by atoms with van der Waals surface area (Å²) >= 11 is 5.64. The van der Waals surface area contributed by atoms with Crippen LogP contribution in [0.5, 0.6) is 11.5 Å². The van der Waals surface area contributed by atoms with Crippen LogP contribution < -0.4 is 4.74 Å². The highest BCUT2D eigenvalue weighted by Crippen LogP contribution is 2.30. The van der Waals surface area contributed by atoms with Gasteiger partial charge in [-0.25, -0.2) is 13.2 Å². The Labute approximate surface area is 107 Å². The van der Waals surface area contributed by atoms with E-state index in [4.69, 9.17) is 16.3 Å². The van der Waals surface area contributed by atoms with Crippen LogP contribution in [0.25, 0.3) is 0 Å². The van der Waals surface area contributed by atoms with E-state index in [2.05, 4.69) is 0 Å². The topological polar surface area (TPSA) is 9.23 Å². The lowest BCUT2D eigenvalue weighted by Gasteiger charge is -2.10. The van der Waals surface area contributed by atoms with E-state index in [9.17, 15) is 13.2 Å². The minimum Gasteiger partial charge on any atom is -0.454 e. The summed E-state index contributed by atoms with van der Waals surface area (Å²) in [5.41, 5.74) is 0.404. The molecule has 0 N–H and O–H groups in total. The summed E-state index contributed by atoms with van der Waals surface area (Å²) in [5.74, 6) is -2.45. The Morgan fingerprint density at radius 3 is 2.28 bits per heavy atom. The minimum atomic E-state index is -0.797. The fourth-order valence-corrected chi connectivity index (χ4v) is 1.69. The van der Waals surface area contributed by atoms with Crippen molar-refractivity contribution in [2.75, 3.05) is 0 Å². The summed E-state index contributed by atoms with van der Waals surface area (Å²) in [6.07, 6.45) is 0. The maximum Gasteiger partial charge on any atom is 0.167 e. The number of halogens is 4. The quantitative estimate of drug-likeness (QED) is 0.740. The summed E-state index contributed by atoms with van der Waals surface area (Å²) in [4.78, 5) is 0. The van der Waals surface area contributed by atoms with Gasteiger partial charge in [-0.05, 0) is 6.07 Å². The monoisotopic (exact) mass is 272 g/mol. The van der Waals surface area contributed by atoms with Crippen molar-refractivity contribution in [3.8, 4) is 11.5 Å². The lowest BCUT2D eigenvalue weighted by Crippen LogP contribution is -1.94. The number of para-hydroxylation sites is 1. The van der Waals surface area contributed by atoms with Crippen molar-refractivity contribution in [2.24, 2.45) is 0 Å². The molecule has 0 heterocycles. The molecular formula is C13H8ClF3O. The first-order valence-corrected chi connectivity index (χ1v) is 5.61. The Morgan fingerprint density at radius 1 is 1.00 bits per heavy atom. The van der Waals surface area contributed by atoms with Crippen molar-refractivity contribution in [1.29, 1.82) is 0 Å². The molecule has 18 heavy (non-hydrogen) atoms. The number of hydrogen-bond donors (Lipinski definition) is 0. The third-order valence-electron chi connectivity index (χ3n) is 2.25. The average Bonchev–Trinajstić information content (AvgIpc) is 2.30. The van der Waals surface area contributed by atoms with E-state index in [1.807, 2.05) is 0 Å². The molecule has 0 aliphatic rings. The Kier molecular flexibility index (Phi) is 3.77. The van der Waals surface area contributed by atoms with Gasteiger partial charge < -0.3 is 4.74 Å². The smallest absolute Gasteiger partial charge is 0.167 e. The summed E-state index contributed by atoms with van der Waals surface area (Å²) in [6.45, 7) is 0. The van der Waals surface area contributed by atoms with Crippen molar-refractivity contribution >= 4 is 11.6 Å². The summed E-state index contributed by atoms with van der Waals surface area (Å²) in [5, 5.41) is 0. The van der Waals surface area contributed by atoms with E-state index >= 15 is 0 Å². The van der Waals surface area contributed by atoms with Crippen LogP contribution in [-0.2, 0) is 5.88 Å². The lowest BCUT2D eigenvalue weighted by atomic mass is 10.2. The van der Waals surface area contributed by atoms with Crippen molar-refractivity contribution in [3.05, 3.63) is 59.4 Å². The lowest BCUT2D eigenvalue weighted by molar-refractivity contribution is 0.430. The highest BCUT2D eigenvalue weighted by molar-refractivity contribution is 6.17. The molecule has 2 aromatic rings. The normalized spacial score (nSPS) is 10.4. The van der Waals surface area contributed by atoms with Crippen molar-refractivity contribution in [2.45, 2.75) is 5.88 Å². The number of ether oxygens (including phenoxy) is 1. The fourth-order valence-electron chi connectivity index (χ4n) is 1.48. The van der Waals surface area contributed by atoms with E-state index < -0.39 is 17.5 Å². The number of hydrogen-bond acceptors (Lipinski definition) is 1. The molecule has 2 rings (SSSR count). The Bertz CT molecular complexity index is 552. The van der Waals surface area contributed by atoms with Gasteiger partial charge in [-0.1, -0.05) is 12.1 Å². The van der Waals surface area contributed by atoms with Gasteiger partial charge in [-0.2, -0.15) is 0 Å². The van der Waals surface area contributed by atoms with Gasteiger partial charge in [0.15, 0.2) is 11.6 Å². The summed E-state index contributed by atoms with van der Waals surface area (Å²) in [7, 11) is 0. The zero-order chi connectivity index (χ0) is 13.1. The van der Waals surface area contributed by atoms with Crippen LogP contribution in [0.4, 0.5) is 13.2 Å². The van der Waals surface area contributed by atoms with E-state index in [-0.39, 0.29) is 17.4 Å². The first-order chi connectivity index (χ1) is 8.60. The number of rotatable bonds is 3. The van der Waals surface area contributed by atoms with E-state index in [1.165, 1.54) is 12.1 Å². The number of alkyl halides is 1. The molecule has 5 heteroatoms. The standard InChI is InChI=1S/C13H8ClF3O/c14-7-8-2-1-3-12(17)13(8)18-11-5-9(15)4-10(16)6-11/h1-6H,7H2. The largest absolute Gasteiger partial charge is 0.454 e. The van der Waals surface area contributed by atoms with Gasteiger partial charge in [0.25, 0.3) is 0 Å². The molecule has 0 amide bonds. The second kappa shape index (κ2) is 5.31. The van der Waals surface area contributed by atoms with Crippen molar-refractivity contribution in [1.82, 2.24) is 0 Å². The van der Waals surface area contributed by atoms with Gasteiger partial charge in [-0.15, -0.1) is 11.6 Å². The third-order valence-corrected chi connectivity index (χ3v) is 2.54. The van der Waals surface area contributed by atoms with E-state index in [1.54, 1.807) is 6.07 Å². The van der Waals surface area contributed by atoms with Gasteiger partial charge in [0.2, 0.25) is 0 Å². The fraction of sp³-hybridized carbons (Fsp3) is 0.0769. The Hall–Kier alpha value is -1.68. The molecular weight excluding hydrogens is 265 g/mol. The molecule has 0 atom stereocenters. The van der Waals surface area contributed by atoms with Gasteiger partial charge >= 0.3 is 0 Å². The number of benzene rings is 2. The molecule has 94 valence electrons. The van der Waals surface area contributed by atoms with Gasteiger partial charge in [-0.3, -0.25) is 0 Å².